The number of benzene rings is 1. The Bertz CT molecular complexity index is 849. The number of nitrogens with two attached hydrogens (primary N) is 2. The van der Waals surface area contributed by atoms with E-state index in [9.17, 15) is 29.4 Å². The molecule has 0 aliphatic heterocycles. The highest BCUT2D eigenvalue weighted by molar-refractivity contribution is 5.94. The lowest BCUT2D eigenvalue weighted by Gasteiger charge is -2.27. The van der Waals surface area contributed by atoms with Crippen LogP contribution >= 0.6 is 0 Å². The van der Waals surface area contributed by atoms with Gasteiger partial charge in [-0.25, -0.2) is 4.79 Å². The van der Waals surface area contributed by atoms with E-state index in [0.29, 0.717) is 25.8 Å². The van der Waals surface area contributed by atoms with Crippen LogP contribution in [0.15, 0.2) is 30.3 Å². The SMILES string of the molecule is CC(C)C[C@H](NC(=O)[C@@H](NC(=O)[C@H](Cc1ccccc1)NC(=O)[C@@H](N)CCCCN)[C@@H](C)O)C(=O)O. The van der Waals surface area contributed by atoms with Crippen molar-refractivity contribution in [3.8, 4) is 0 Å². The first-order valence-corrected chi connectivity index (χ1v) is 12.3. The van der Waals surface area contributed by atoms with Crippen LogP contribution in [0, 0.1) is 5.92 Å². The fourth-order valence-electron chi connectivity index (χ4n) is 3.59. The minimum absolute atomic E-state index is 0.00878. The topological polar surface area (TPSA) is 197 Å². The second-order valence-electron chi connectivity index (χ2n) is 9.40. The number of carboxylic acid groups (broad SMARTS) is 1. The summed E-state index contributed by atoms with van der Waals surface area (Å²) in [5, 5.41) is 27.1. The Morgan fingerprint density at radius 1 is 0.889 bits per heavy atom. The third-order valence-electron chi connectivity index (χ3n) is 5.61. The van der Waals surface area contributed by atoms with Crippen LogP contribution < -0.4 is 27.4 Å². The van der Waals surface area contributed by atoms with Crippen LogP contribution in [0.4, 0.5) is 0 Å². The van der Waals surface area contributed by atoms with Crippen LogP contribution in [0.1, 0.15) is 52.0 Å². The summed E-state index contributed by atoms with van der Waals surface area (Å²) in [6, 6.07) is 4.43. The van der Waals surface area contributed by atoms with E-state index >= 15 is 0 Å². The first-order valence-electron chi connectivity index (χ1n) is 12.3. The fourth-order valence-corrected chi connectivity index (χ4v) is 3.59. The molecule has 0 radical (unpaired) electrons. The van der Waals surface area contributed by atoms with Crippen molar-refractivity contribution in [1.29, 1.82) is 0 Å². The van der Waals surface area contributed by atoms with Gasteiger partial charge in [-0.1, -0.05) is 50.6 Å². The number of carbonyl (C=O) groups excluding carboxylic acids is 3. The second kappa shape index (κ2) is 15.9. The van der Waals surface area contributed by atoms with Crippen LogP contribution in [-0.4, -0.2) is 70.7 Å². The number of amides is 3. The number of aliphatic hydroxyl groups is 1. The summed E-state index contributed by atoms with van der Waals surface area (Å²) in [5.74, 6) is -3.30. The molecule has 11 nitrogen and oxygen atoms in total. The molecule has 0 aliphatic carbocycles. The quantitative estimate of drug-likeness (QED) is 0.147. The number of aliphatic carboxylic acids is 1. The second-order valence-corrected chi connectivity index (χ2v) is 9.40. The summed E-state index contributed by atoms with van der Waals surface area (Å²) >= 11 is 0. The Kier molecular flexibility index (Phi) is 13.7. The zero-order chi connectivity index (χ0) is 27.3. The molecule has 0 bridgehead atoms. The van der Waals surface area contributed by atoms with Crippen LogP contribution in [0.3, 0.4) is 0 Å². The molecule has 0 heterocycles. The van der Waals surface area contributed by atoms with Gasteiger partial charge in [0, 0.05) is 6.42 Å². The van der Waals surface area contributed by atoms with Gasteiger partial charge in [0.25, 0.3) is 0 Å². The third kappa shape index (κ3) is 11.1. The number of rotatable bonds is 16. The predicted molar refractivity (Wildman–Crippen MR) is 136 cm³/mol. The van der Waals surface area contributed by atoms with E-state index in [0.717, 1.165) is 5.56 Å². The Morgan fingerprint density at radius 3 is 2.03 bits per heavy atom. The van der Waals surface area contributed by atoms with E-state index < -0.39 is 54.0 Å². The molecule has 0 unspecified atom stereocenters. The van der Waals surface area contributed by atoms with E-state index in [4.69, 9.17) is 11.5 Å². The van der Waals surface area contributed by atoms with Gasteiger partial charge < -0.3 is 37.6 Å². The van der Waals surface area contributed by atoms with E-state index in [2.05, 4.69) is 16.0 Å². The molecule has 202 valence electrons. The van der Waals surface area contributed by atoms with Gasteiger partial charge in [0.2, 0.25) is 17.7 Å². The molecule has 0 saturated heterocycles. The van der Waals surface area contributed by atoms with Crippen molar-refractivity contribution in [2.45, 2.75) is 83.1 Å². The minimum atomic E-state index is -1.43. The van der Waals surface area contributed by atoms with Crippen LogP contribution in [0.2, 0.25) is 0 Å². The van der Waals surface area contributed by atoms with Gasteiger partial charge in [0.05, 0.1) is 12.1 Å². The molecular weight excluding hydrogens is 466 g/mol. The van der Waals surface area contributed by atoms with Crippen molar-refractivity contribution in [1.82, 2.24) is 16.0 Å². The first kappa shape index (κ1) is 31.0. The van der Waals surface area contributed by atoms with Gasteiger partial charge in [-0.2, -0.15) is 0 Å². The summed E-state index contributed by atoms with van der Waals surface area (Å²) < 4.78 is 0. The Balaban J connectivity index is 3.02. The highest BCUT2D eigenvalue weighted by Gasteiger charge is 2.33. The van der Waals surface area contributed by atoms with E-state index in [1.165, 1.54) is 6.92 Å². The molecule has 0 aliphatic rings. The Hall–Kier alpha value is -3.02. The molecule has 11 heteroatoms. The summed E-state index contributed by atoms with van der Waals surface area (Å²) in [6.45, 7) is 5.41. The van der Waals surface area contributed by atoms with Crippen molar-refractivity contribution in [3.63, 3.8) is 0 Å². The summed E-state index contributed by atoms with van der Waals surface area (Å²) in [6.07, 6.45) is 0.742. The molecule has 0 aromatic heterocycles. The van der Waals surface area contributed by atoms with Gasteiger partial charge in [0.15, 0.2) is 0 Å². The van der Waals surface area contributed by atoms with Gasteiger partial charge in [-0.05, 0) is 44.2 Å². The van der Waals surface area contributed by atoms with Crippen molar-refractivity contribution in [3.05, 3.63) is 35.9 Å². The van der Waals surface area contributed by atoms with Gasteiger partial charge >= 0.3 is 5.97 Å². The van der Waals surface area contributed by atoms with Crippen LogP contribution in [0.5, 0.6) is 0 Å². The Labute approximate surface area is 212 Å². The molecule has 1 rings (SSSR count). The summed E-state index contributed by atoms with van der Waals surface area (Å²) in [5.41, 5.74) is 12.2. The molecule has 0 fully saturated rings. The maximum absolute atomic E-state index is 13.2. The van der Waals surface area contributed by atoms with Crippen molar-refractivity contribution >= 4 is 23.7 Å². The van der Waals surface area contributed by atoms with E-state index in [1.54, 1.807) is 24.3 Å². The number of unbranched alkanes of at least 4 members (excludes halogenated alkanes) is 1. The zero-order valence-corrected chi connectivity index (χ0v) is 21.3. The predicted octanol–water partition coefficient (Wildman–Crippen LogP) is -0.349. The molecule has 36 heavy (non-hydrogen) atoms. The monoisotopic (exact) mass is 507 g/mol. The number of aliphatic hydroxyl groups excluding tert-OH is 1. The third-order valence-corrected chi connectivity index (χ3v) is 5.61. The maximum Gasteiger partial charge on any atom is 0.326 e. The average Bonchev–Trinajstić information content (AvgIpc) is 2.81. The van der Waals surface area contributed by atoms with Crippen molar-refractivity contribution in [2.24, 2.45) is 17.4 Å². The average molecular weight is 508 g/mol. The van der Waals surface area contributed by atoms with Crippen molar-refractivity contribution < 1.29 is 29.4 Å². The zero-order valence-electron chi connectivity index (χ0n) is 21.3. The molecular formula is C25H41N5O6. The maximum atomic E-state index is 13.2. The highest BCUT2D eigenvalue weighted by atomic mass is 16.4. The van der Waals surface area contributed by atoms with Gasteiger partial charge in [0.1, 0.15) is 18.1 Å². The first-order chi connectivity index (χ1) is 17.0. The number of carboxylic acids is 1. The number of hydrogen-bond donors (Lipinski definition) is 7. The molecule has 0 saturated carbocycles. The summed E-state index contributed by atoms with van der Waals surface area (Å²) in [7, 11) is 0. The number of hydrogen-bond acceptors (Lipinski definition) is 7. The molecule has 1 aromatic carbocycles. The smallest absolute Gasteiger partial charge is 0.326 e. The van der Waals surface area contributed by atoms with Gasteiger partial charge in [-0.3, -0.25) is 14.4 Å². The normalized spacial score (nSPS) is 15.3. The molecule has 1 aromatic rings. The lowest BCUT2D eigenvalue weighted by molar-refractivity contribution is -0.143. The highest BCUT2D eigenvalue weighted by Crippen LogP contribution is 2.08. The Morgan fingerprint density at radius 2 is 1.50 bits per heavy atom. The van der Waals surface area contributed by atoms with Crippen molar-refractivity contribution in [2.75, 3.05) is 6.54 Å². The molecule has 0 spiro atoms. The molecule has 9 N–H and O–H groups in total. The van der Waals surface area contributed by atoms with Gasteiger partial charge in [-0.15, -0.1) is 0 Å². The largest absolute Gasteiger partial charge is 0.480 e. The van der Waals surface area contributed by atoms with E-state index in [-0.39, 0.29) is 18.8 Å². The fraction of sp³-hybridized carbons (Fsp3) is 0.600. The summed E-state index contributed by atoms with van der Waals surface area (Å²) in [4.78, 5) is 50.2. The number of carbonyl (C=O) groups is 4. The lowest BCUT2D eigenvalue weighted by Crippen LogP contribution is -2.60. The minimum Gasteiger partial charge on any atom is -0.480 e. The standard InChI is InChI=1S/C25H41N5O6/c1-15(2)13-20(25(35)36)29-24(34)21(16(3)31)30-23(33)19(14-17-9-5-4-6-10-17)28-22(32)18(27)11-7-8-12-26/h4-6,9-10,15-16,18-21,31H,7-8,11-14,26-27H2,1-3H3,(H,28,32)(H,29,34)(H,30,33)(H,35,36)/t16-,18+,19+,20+,21+/m1/s1. The van der Waals surface area contributed by atoms with E-state index in [1.807, 2.05) is 19.9 Å². The molecule has 5 atom stereocenters. The van der Waals surface area contributed by atoms with Crippen LogP contribution in [-0.2, 0) is 25.6 Å². The van der Waals surface area contributed by atoms with Crippen LogP contribution in [0.25, 0.3) is 0 Å². The molecule has 3 amide bonds. The number of nitrogens with one attached hydrogen (secondary N) is 3. The lowest BCUT2D eigenvalue weighted by atomic mass is 10.0.